The molecule has 0 fully saturated rings. The van der Waals surface area contributed by atoms with Crippen molar-refractivity contribution in [3.8, 4) is 0 Å². The fraction of sp³-hybridized carbons (Fsp3) is 0.286. The molecule has 1 heterocycles. The highest BCUT2D eigenvalue weighted by Crippen LogP contribution is 2.35. The van der Waals surface area contributed by atoms with Crippen LogP contribution in [-0.4, -0.2) is 23.4 Å². The van der Waals surface area contributed by atoms with Crippen LogP contribution in [0.3, 0.4) is 0 Å². The van der Waals surface area contributed by atoms with E-state index in [0.29, 0.717) is 12.5 Å². The summed E-state index contributed by atoms with van der Waals surface area (Å²) in [5.41, 5.74) is 3.40. The van der Waals surface area contributed by atoms with E-state index in [0.717, 1.165) is 24.1 Å². The third-order valence-electron chi connectivity index (χ3n) is 4.52. The molecular weight excluding hydrogens is 296 g/mol. The average Bonchev–Trinajstić information content (AvgIpc) is 2.61. The summed E-state index contributed by atoms with van der Waals surface area (Å²) >= 11 is 0. The van der Waals surface area contributed by atoms with E-state index >= 15 is 0 Å². The molecule has 24 heavy (non-hydrogen) atoms. The van der Waals surface area contributed by atoms with E-state index in [1.165, 1.54) is 5.56 Å². The zero-order valence-electron chi connectivity index (χ0n) is 14.1. The van der Waals surface area contributed by atoms with Gasteiger partial charge in [-0.2, -0.15) is 0 Å². The van der Waals surface area contributed by atoms with E-state index in [1.807, 2.05) is 24.3 Å². The van der Waals surface area contributed by atoms with Crippen molar-refractivity contribution < 1.29 is 5.11 Å². The van der Waals surface area contributed by atoms with Crippen LogP contribution in [0, 0.1) is 5.92 Å². The predicted molar refractivity (Wildman–Crippen MR) is 103 cm³/mol. The van der Waals surface area contributed by atoms with Crippen molar-refractivity contribution in [3.05, 3.63) is 85.8 Å². The fourth-order valence-corrected chi connectivity index (χ4v) is 3.21. The van der Waals surface area contributed by atoms with Gasteiger partial charge in [0.2, 0.25) is 0 Å². The van der Waals surface area contributed by atoms with Crippen LogP contribution in [0.2, 0.25) is 0 Å². The molecule has 0 spiro atoms. The van der Waals surface area contributed by atoms with Crippen molar-refractivity contribution in [1.82, 2.24) is 5.32 Å². The maximum atomic E-state index is 9.20. The Morgan fingerprint density at radius 3 is 2.67 bits per heavy atom. The van der Waals surface area contributed by atoms with E-state index in [-0.39, 0.29) is 17.8 Å². The first-order valence-corrected chi connectivity index (χ1v) is 8.27. The molecule has 2 rings (SSSR count). The average molecular weight is 322 g/mol. The smallest absolute Gasteiger partial charge is 0.176 e. The Balaban J connectivity index is 2.17. The van der Waals surface area contributed by atoms with Crippen molar-refractivity contribution in [1.29, 1.82) is 0 Å². The van der Waals surface area contributed by atoms with Gasteiger partial charge in [-0.25, -0.2) is 0 Å². The molecule has 1 aliphatic rings. The van der Waals surface area contributed by atoms with Gasteiger partial charge in [-0.1, -0.05) is 43.0 Å². The summed E-state index contributed by atoms with van der Waals surface area (Å²) in [5.74, 6) is 0.549. The molecule has 0 bridgehead atoms. The van der Waals surface area contributed by atoms with Gasteiger partial charge in [0, 0.05) is 18.0 Å². The molecule has 0 aromatic heterocycles. The highest BCUT2D eigenvalue weighted by Gasteiger charge is 2.28. The Hall–Kier alpha value is -2.55. The molecule has 3 heteroatoms. The quantitative estimate of drug-likeness (QED) is 0.519. The van der Waals surface area contributed by atoms with E-state index in [1.54, 1.807) is 0 Å². The lowest BCUT2D eigenvalue weighted by atomic mass is 9.80. The molecule has 1 aromatic rings. The van der Waals surface area contributed by atoms with Crippen LogP contribution in [0.15, 0.2) is 79.7 Å². The molecule has 0 aliphatic carbocycles. The Kier molecular flexibility index (Phi) is 6.19. The Labute approximate surface area is 144 Å². The second kappa shape index (κ2) is 8.34. The van der Waals surface area contributed by atoms with E-state index in [4.69, 9.17) is 4.99 Å². The monoisotopic (exact) mass is 322 g/mol. The zero-order chi connectivity index (χ0) is 17.5. The molecule has 0 radical (unpaired) electrons. The maximum Gasteiger partial charge on any atom is 0.176 e. The van der Waals surface area contributed by atoms with Gasteiger partial charge in [0.15, 0.2) is 5.88 Å². The van der Waals surface area contributed by atoms with Crippen LogP contribution in [0.1, 0.15) is 29.9 Å². The number of aliphatic imine (C=N–C) groups is 1. The minimum Gasteiger partial charge on any atom is -0.495 e. The standard InChI is InChI=1S/C21H26N2O/c1-5-16(14-22-15(4)24)12-13-19-17-10-8-9-11-18(17)20(6-2)23-21(19)7-3/h5-11,16,19,21-22,24H,1-4,12-14H2. The molecule has 1 aromatic carbocycles. The lowest BCUT2D eigenvalue weighted by Crippen LogP contribution is -2.26. The van der Waals surface area contributed by atoms with Crippen molar-refractivity contribution in [3.63, 3.8) is 0 Å². The third kappa shape index (κ3) is 4.05. The summed E-state index contributed by atoms with van der Waals surface area (Å²) in [6.07, 6.45) is 7.58. The van der Waals surface area contributed by atoms with Crippen molar-refractivity contribution >= 4 is 5.71 Å². The first-order chi connectivity index (χ1) is 11.6. The third-order valence-corrected chi connectivity index (χ3v) is 4.52. The number of rotatable bonds is 9. The molecular formula is C21H26N2O. The molecule has 126 valence electrons. The second-order valence-corrected chi connectivity index (χ2v) is 6.04. The Morgan fingerprint density at radius 1 is 1.29 bits per heavy atom. The largest absolute Gasteiger partial charge is 0.495 e. The van der Waals surface area contributed by atoms with Gasteiger partial charge in [0.1, 0.15) is 0 Å². The van der Waals surface area contributed by atoms with E-state index in [9.17, 15) is 5.11 Å². The van der Waals surface area contributed by atoms with Gasteiger partial charge in [0.25, 0.3) is 0 Å². The van der Waals surface area contributed by atoms with Crippen molar-refractivity contribution in [2.75, 3.05) is 6.54 Å². The minimum absolute atomic E-state index is 0.00550. The SMILES string of the molecule is C=CC1=NC(C=C)C(CCC(C=C)CNC(=C)O)c2ccccc21. The maximum absolute atomic E-state index is 9.20. The lowest BCUT2D eigenvalue weighted by molar-refractivity contribution is 0.352. The van der Waals surface area contributed by atoms with Crippen LogP contribution in [0.25, 0.3) is 0 Å². The number of hydrogen-bond acceptors (Lipinski definition) is 3. The lowest BCUT2D eigenvalue weighted by Gasteiger charge is -2.30. The fourth-order valence-electron chi connectivity index (χ4n) is 3.21. The first-order valence-electron chi connectivity index (χ1n) is 8.27. The molecule has 3 atom stereocenters. The van der Waals surface area contributed by atoms with Crippen LogP contribution < -0.4 is 5.32 Å². The number of aliphatic hydroxyl groups is 1. The molecule has 1 aliphatic heterocycles. The highest BCUT2D eigenvalue weighted by molar-refractivity contribution is 6.10. The number of hydrogen-bond donors (Lipinski definition) is 2. The van der Waals surface area contributed by atoms with Gasteiger partial charge in [-0.05, 0) is 37.0 Å². The number of benzene rings is 1. The predicted octanol–water partition coefficient (Wildman–Crippen LogP) is 4.51. The van der Waals surface area contributed by atoms with Gasteiger partial charge < -0.3 is 10.4 Å². The number of fused-ring (bicyclic) bond motifs is 1. The summed E-state index contributed by atoms with van der Waals surface area (Å²) in [6.45, 7) is 15.8. The van der Waals surface area contributed by atoms with Gasteiger partial charge >= 0.3 is 0 Å². The number of nitrogens with zero attached hydrogens (tertiary/aromatic N) is 1. The molecule has 3 unspecified atom stereocenters. The van der Waals surface area contributed by atoms with Crippen LogP contribution >= 0.6 is 0 Å². The van der Waals surface area contributed by atoms with E-state index < -0.39 is 0 Å². The van der Waals surface area contributed by atoms with Gasteiger partial charge in [0.05, 0.1) is 11.8 Å². The first kappa shape index (κ1) is 17.8. The van der Waals surface area contributed by atoms with Crippen molar-refractivity contribution in [2.24, 2.45) is 10.9 Å². The zero-order valence-corrected chi connectivity index (χ0v) is 14.1. The number of allylic oxidation sites excluding steroid dienone is 1. The molecule has 0 saturated heterocycles. The topological polar surface area (TPSA) is 44.6 Å². The number of aliphatic hydroxyl groups excluding tert-OH is 1. The highest BCUT2D eigenvalue weighted by atomic mass is 16.3. The molecule has 3 nitrogen and oxygen atoms in total. The summed E-state index contributed by atoms with van der Waals surface area (Å²) in [4.78, 5) is 4.80. The van der Waals surface area contributed by atoms with Gasteiger partial charge in [-0.3, -0.25) is 4.99 Å². The normalized spacial score (nSPS) is 20.2. The van der Waals surface area contributed by atoms with Gasteiger partial charge in [-0.15, -0.1) is 13.2 Å². The van der Waals surface area contributed by atoms with E-state index in [2.05, 4.69) is 49.8 Å². The minimum atomic E-state index is -0.00550. The second-order valence-electron chi connectivity index (χ2n) is 6.04. The summed E-state index contributed by atoms with van der Waals surface area (Å²) in [5, 5.41) is 12.1. The molecule has 0 amide bonds. The number of nitrogens with one attached hydrogen (secondary N) is 1. The van der Waals surface area contributed by atoms with Crippen LogP contribution in [0.5, 0.6) is 0 Å². The summed E-state index contributed by atoms with van der Waals surface area (Å²) in [6, 6.07) is 8.43. The van der Waals surface area contributed by atoms with Crippen LogP contribution in [-0.2, 0) is 0 Å². The molecule has 0 saturated carbocycles. The van der Waals surface area contributed by atoms with Crippen LogP contribution in [0.4, 0.5) is 0 Å². The summed E-state index contributed by atoms with van der Waals surface area (Å²) in [7, 11) is 0. The summed E-state index contributed by atoms with van der Waals surface area (Å²) < 4.78 is 0. The Morgan fingerprint density at radius 2 is 2.04 bits per heavy atom. The Bertz CT molecular complexity index is 660. The van der Waals surface area contributed by atoms with Crippen molar-refractivity contribution in [2.45, 2.75) is 24.8 Å². The molecule has 2 N–H and O–H groups in total.